The molecule has 1 heterocycles. The lowest BCUT2D eigenvalue weighted by molar-refractivity contribution is 0.333. The van der Waals surface area contributed by atoms with Crippen molar-refractivity contribution in [3.63, 3.8) is 0 Å². The molecule has 0 radical (unpaired) electrons. The van der Waals surface area contributed by atoms with Crippen molar-refractivity contribution in [2.24, 2.45) is 13.0 Å². The Bertz CT molecular complexity index is 408. The molecule has 0 bridgehead atoms. The van der Waals surface area contributed by atoms with E-state index in [-0.39, 0.29) is 0 Å². The minimum Gasteiger partial charge on any atom is -0.341 e. The lowest BCUT2D eigenvalue weighted by Gasteiger charge is -2.34. The summed E-state index contributed by atoms with van der Waals surface area (Å²) in [6.07, 6.45) is 5.21. The quantitative estimate of drug-likeness (QED) is 0.807. The highest BCUT2D eigenvalue weighted by atomic mass is 32.1. The van der Waals surface area contributed by atoms with Crippen LogP contribution in [0.4, 0.5) is 5.95 Å². The maximum Gasteiger partial charge on any atom is 0.225 e. The van der Waals surface area contributed by atoms with E-state index in [4.69, 9.17) is 12.2 Å². The predicted octanol–water partition coefficient (Wildman–Crippen LogP) is 2.49. The molecule has 90 valence electrons. The van der Waals surface area contributed by atoms with Gasteiger partial charge in [0, 0.05) is 20.1 Å². The van der Waals surface area contributed by atoms with Crippen LogP contribution in [-0.2, 0) is 7.05 Å². The van der Waals surface area contributed by atoms with Gasteiger partial charge in [-0.3, -0.25) is 4.57 Å². The van der Waals surface area contributed by atoms with Crippen LogP contribution in [0.5, 0.6) is 0 Å². The topological polar surface area (TPSA) is 36.9 Å². The van der Waals surface area contributed by atoms with Crippen LogP contribution < -0.4 is 4.90 Å². The fourth-order valence-electron chi connectivity index (χ4n) is 2.57. The second-order valence-electron chi connectivity index (χ2n) is 4.92. The molecule has 1 aromatic heterocycles. The molecule has 0 amide bonds. The molecule has 1 saturated carbocycles. The van der Waals surface area contributed by atoms with Gasteiger partial charge in [0.05, 0.1) is 0 Å². The van der Waals surface area contributed by atoms with E-state index in [1.807, 2.05) is 11.6 Å². The van der Waals surface area contributed by atoms with Crippen molar-refractivity contribution < 1.29 is 0 Å². The second-order valence-corrected chi connectivity index (χ2v) is 5.31. The molecule has 0 spiro atoms. The van der Waals surface area contributed by atoms with Crippen molar-refractivity contribution in [3.05, 3.63) is 4.77 Å². The third kappa shape index (κ3) is 2.14. The Morgan fingerprint density at radius 1 is 1.50 bits per heavy atom. The Balaban J connectivity index is 2.15. The van der Waals surface area contributed by atoms with Gasteiger partial charge in [-0.1, -0.05) is 19.8 Å². The first-order valence-electron chi connectivity index (χ1n) is 5.94. The summed E-state index contributed by atoms with van der Waals surface area (Å²) in [5.74, 6) is 1.78. The van der Waals surface area contributed by atoms with Gasteiger partial charge >= 0.3 is 0 Å². The van der Waals surface area contributed by atoms with Gasteiger partial charge in [-0.2, -0.15) is 0 Å². The largest absolute Gasteiger partial charge is 0.341 e. The molecule has 0 saturated heterocycles. The number of aromatic nitrogens is 3. The Morgan fingerprint density at radius 3 is 2.81 bits per heavy atom. The number of rotatable bonds is 2. The minimum atomic E-state index is 0.604. The SMILES string of the molecule is CC1CCCC(N(C)c2n[nH]c(=S)n2C)C1. The van der Waals surface area contributed by atoms with Crippen LogP contribution in [0, 0.1) is 10.7 Å². The van der Waals surface area contributed by atoms with Crippen LogP contribution in [0.2, 0.25) is 0 Å². The third-order valence-corrected chi connectivity index (χ3v) is 3.99. The van der Waals surface area contributed by atoms with Crippen LogP contribution >= 0.6 is 12.2 Å². The minimum absolute atomic E-state index is 0.604. The number of H-pyrrole nitrogens is 1. The summed E-state index contributed by atoms with van der Waals surface area (Å²) >= 11 is 5.14. The van der Waals surface area contributed by atoms with Crippen LogP contribution in [0.1, 0.15) is 32.6 Å². The van der Waals surface area contributed by atoms with E-state index >= 15 is 0 Å². The number of hydrogen-bond donors (Lipinski definition) is 1. The molecule has 0 aliphatic heterocycles. The zero-order valence-corrected chi connectivity index (χ0v) is 11.0. The average molecular weight is 240 g/mol. The van der Waals surface area contributed by atoms with E-state index in [2.05, 4.69) is 29.1 Å². The molecular formula is C11H20N4S. The summed E-state index contributed by atoms with van der Waals surface area (Å²) < 4.78 is 2.62. The number of nitrogens with zero attached hydrogens (tertiary/aromatic N) is 3. The Labute approximate surface area is 102 Å². The summed E-state index contributed by atoms with van der Waals surface area (Å²) in [6.45, 7) is 2.34. The number of nitrogens with one attached hydrogen (secondary N) is 1. The molecule has 1 aliphatic carbocycles. The highest BCUT2D eigenvalue weighted by Crippen LogP contribution is 2.28. The maximum atomic E-state index is 5.14. The van der Waals surface area contributed by atoms with Crippen molar-refractivity contribution in [1.82, 2.24) is 14.8 Å². The molecule has 4 nitrogen and oxygen atoms in total. The predicted molar refractivity (Wildman–Crippen MR) is 68.2 cm³/mol. The van der Waals surface area contributed by atoms with Crippen molar-refractivity contribution in [2.45, 2.75) is 38.6 Å². The van der Waals surface area contributed by atoms with Gasteiger partial charge in [0.25, 0.3) is 0 Å². The molecule has 1 aliphatic rings. The summed E-state index contributed by atoms with van der Waals surface area (Å²) in [5.41, 5.74) is 0. The highest BCUT2D eigenvalue weighted by molar-refractivity contribution is 7.71. The molecule has 5 heteroatoms. The Kier molecular flexibility index (Phi) is 3.33. The lowest BCUT2D eigenvalue weighted by atomic mass is 9.86. The van der Waals surface area contributed by atoms with Crippen molar-refractivity contribution in [3.8, 4) is 0 Å². The number of aromatic amines is 1. The fraction of sp³-hybridized carbons (Fsp3) is 0.818. The van der Waals surface area contributed by atoms with Gasteiger partial charge in [-0.05, 0) is 31.0 Å². The zero-order chi connectivity index (χ0) is 11.7. The van der Waals surface area contributed by atoms with E-state index in [9.17, 15) is 0 Å². The monoisotopic (exact) mass is 240 g/mol. The van der Waals surface area contributed by atoms with Crippen LogP contribution in [0.15, 0.2) is 0 Å². The lowest BCUT2D eigenvalue weighted by Crippen LogP contribution is -2.37. The normalized spacial score (nSPS) is 25.7. The summed E-state index contributed by atoms with van der Waals surface area (Å²) in [5, 5.41) is 7.13. The third-order valence-electron chi connectivity index (χ3n) is 3.63. The van der Waals surface area contributed by atoms with Gasteiger partial charge in [-0.25, -0.2) is 5.10 Å². The molecular weight excluding hydrogens is 220 g/mol. The molecule has 1 N–H and O–H groups in total. The van der Waals surface area contributed by atoms with E-state index < -0.39 is 0 Å². The summed E-state index contributed by atoms with van der Waals surface area (Å²) in [7, 11) is 4.08. The fourth-order valence-corrected chi connectivity index (χ4v) is 2.70. The first-order valence-corrected chi connectivity index (χ1v) is 6.34. The molecule has 0 aromatic carbocycles. The first-order chi connectivity index (χ1) is 7.59. The molecule has 16 heavy (non-hydrogen) atoms. The zero-order valence-electron chi connectivity index (χ0n) is 10.2. The van der Waals surface area contributed by atoms with Gasteiger partial charge in [-0.15, -0.1) is 5.10 Å². The van der Waals surface area contributed by atoms with Gasteiger partial charge in [0.2, 0.25) is 5.95 Å². The van der Waals surface area contributed by atoms with E-state index in [0.717, 1.165) is 11.9 Å². The van der Waals surface area contributed by atoms with Crippen LogP contribution in [0.25, 0.3) is 0 Å². The standard InChI is InChI=1S/C11H20N4S/c1-8-5-4-6-9(7-8)14(2)10-12-13-11(16)15(10)3/h8-9H,4-7H2,1-3H3,(H,13,16). The smallest absolute Gasteiger partial charge is 0.225 e. The molecule has 2 unspecified atom stereocenters. The van der Waals surface area contributed by atoms with E-state index in [1.54, 1.807) is 0 Å². The van der Waals surface area contributed by atoms with E-state index in [1.165, 1.54) is 25.7 Å². The van der Waals surface area contributed by atoms with Gasteiger partial charge in [0.15, 0.2) is 4.77 Å². The number of hydrogen-bond acceptors (Lipinski definition) is 3. The summed E-state index contributed by atoms with van der Waals surface area (Å²) in [6, 6.07) is 0.604. The molecule has 1 aromatic rings. The van der Waals surface area contributed by atoms with Crippen molar-refractivity contribution in [2.75, 3.05) is 11.9 Å². The first kappa shape index (κ1) is 11.6. The highest BCUT2D eigenvalue weighted by Gasteiger charge is 2.24. The van der Waals surface area contributed by atoms with Crippen LogP contribution in [-0.4, -0.2) is 27.9 Å². The van der Waals surface area contributed by atoms with Crippen LogP contribution in [0.3, 0.4) is 0 Å². The number of anilines is 1. The second kappa shape index (κ2) is 4.57. The van der Waals surface area contributed by atoms with E-state index in [0.29, 0.717) is 10.8 Å². The summed E-state index contributed by atoms with van der Waals surface area (Å²) in [4.78, 5) is 2.27. The van der Waals surface area contributed by atoms with Gasteiger partial charge in [0.1, 0.15) is 0 Å². The Morgan fingerprint density at radius 2 is 2.25 bits per heavy atom. The molecule has 2 atom stereocenters. The average Bonchev–Trinajstić information content (AvgIpc) is 2.59. The maximum absolute atomic E-state index is 5.14. The van der Waals surface area contributed by atoms with Gasteiger partial charge < -0.3 is 4.90 Å². The van der Waals surface area contributed by atoms with Crippen molar-refractivity contribution >= 4 is 18.2 Å². The van der Waals surface area contributed by atoms with Crippen molar-refractivity contribution in [1.29, 1.82) is 0 Å². The molecule has 2 rings (SSSR count). The molecule has 1 fully saturated rings. The Hall–Kier alpha value is -0.840.